The molecular weight excluding hydrogens is 164 g/mol. The molecule has 0 radical (unpaired) electrons. The summed E-state index contributed by atoms with van der Waals surface area (Å²) in [5.74, 6) is -1.80. The molecule has 0 aromatic carbocycles. The fourth-order valence-electron chi connectivity index (χ4n) is 0.881. The van der Waals surface area contributed by atoms with Crippen LogP contribution in [0.4, 0.5) is 0 Å². The standard InChI is InChI=1S/C6H12O4Si/c1-11(2,3-5(7)8)4-6(9)10/h3-4H2,1-2H3,(H,7,8)(H,9,10). The summed E-state index contributed by atoms with van der Waals surface area (Å²) >= 11 is 0. The molecule has 2 N–H and O–H groups in total. The van der Waals surface area contributed by atoms with Crippen LogP contribution in [-0.2, 0) is 9.59 Å². The van der Waals surface area contributed by atoms with Crippen LogP contribution in [0.15, 0.2) is 0 Å². The molecule has 0 aliphatic rings. The maximum atomic E-state index is 10.2. The Morgan fingerprint density at radius 2 is 1.36 bits per heavy atom. The zero-order valence-electron chi connectivity index (χ0n) is 6.63. The molecule has 0 aliphatic heterocycles. The molecule has 0 spiro atoms. The first-order chi connectivity index (χ1) is 4.83. The first-order valence-corrected chi connectivity index (χ1v) is 6.68. The van der Waals surface area contributed by atoms with Crippen molar-refractivity contribution in [2.75, 3.05) is 0 Å². The zero-order valence-corrected chi connectivity index (χ0v) is 7.63. The molecule has 0 amide bonds. The van der Waals surface area contributed by atoms with Crippen LogP contribution in [0, 0.1) is 0 Å². The van der Waals surface area contributed by atoms with E-state index in [0.717, 1.165) is 0 Å². The average Bonchev–Trinajstić information content (AvgIpc) is 1.53. The van der Waals surface area contributed by atoms with Gasteiger partial charge in [-0.3, -0.25) is 9.59 Å². The maximum Gasteiger partial charge on any atom is 0.300 e. The van der Waals surface area contributed by atoms with Gasteiger partial charge in [-0.25, -0.2) is 0 Å². The zero-order chi connectivity index (χ0) is 9.07. The van der Waals surface area contributed by atoms with E-state index in [1.807, 2.05) is 0 Å². The van der Waals surface area contributed by atoms with Gasteiger partial charge in [0.25, 0.3) is 0 Å². The first-order valence-electron chi connectivity index (χ1n) is 3.27. The van der Waals surface area contributed by atoms with Crippen LogP contribution in [0.1, 0.15) is 0 Å². The summed E-state index contributed by atoms with van der Waals surface area (Å²) in [6, 6.07) is 0.0542. The van der Waals surface area contributed by atoms with Crippen LogP contribution in [0.5, 0.6) is 0 Å². The SMILES string of the molecule is C[Si](C)(CC(=O)O)CC(=O)O. The second kappa shape index (κ2) is 3.52. The lowest BCUT2D eigenvalue weighted by Crippen LogP contribution is -2.31. The Morgan fingerprint density at radius 3 is 1.55 bits per heavy atom. The Bertz CT molecular complexity index is 157. The molecule has 4 nitrogen and oxygen atoms in total. The fraction of sp³-hybridized carbons (Fsp3) is 0.667. The van der Waals surface area contributed by atoms with Crippen molar-refractivity contribution in [1.82, 2.24) is 0 Å². The molecule has 0 bridgehead atoms. The second-order valence-corrected chi connectivity index (χ2v) is 8.34. The molecule has 0 saturated heterocycles. The van der Waals surface area contributed by atoms with E-state index in [1.54, 1.807) is 13.1 Å². The van der Waals surface area contributed by atoms with Gasteiger partial charge in [0.2, 0.25) is 0 Å². The summed E-state index contributed by atoms with van der Waals surface area (Å²) in [4.78, 5) is 20.5. The van der Waals surface area contributed by atoms with Gasteiger partial charge in [0.05, 0.1) is 8.07 Å². The summed E-state index contributed by atoms with van der Waals surface area (Å²) in [6.45, 7) is 3.52. The third kappa shape index (κ3) is 5.59. The van der Waals surface area contributed by atoms with E-state index in [-0.39, 0.29) is 12.1 Å². The highest BCUT2D eigenvalue weighted by molar-refractivity contribution is 6.82. The molecule has 0 saturated carbocycles. The van der Waals surface area contributed by atoms with Crippen molar-refractivity contribution in [3.05, 3.63) is 0 Å². The Hall–Kier alpha value is -0.843. The molecule has 0 unspecified atom stereocenters. The van der Waals surface area contributed by atoms with Crippen LogP contribution < -0.4 is 0 Å². The second-order valence-electron chi connectivity index (χ2n) is 3.31. The van der Waals surface area contributed by atoms with Crippen molar-refractivity contribution >= 4 is 20.0 Å². The number of carbonyl (C=O) groups is 2. The van der Waals surface area contributed by atoms with Gasteiger partial charge in [0, 0.05) is 12.1 Å². The van der Waals surface area contributed by atoms with Crippen molar-refractivity contribution in [2.45, 2.75) is 25.2 Å². The maximum absolute atomic E-state index is 10.2. The van der Waals surface area contributed by atoms with Crippen molar-refractivity contribution in [2.24, 2.45) is 0 Å². The Labute approximate surface area is 65.9 Å². The van der Waals surface area contributed by atoms with Gasteiger partial charge in [0.1, 0.15) is 0 Å². The highest BCUT2D eigenvalue weighted by atomic mass is 28.3. The average molecular weight is 176 g/mol. The minimum atomic E-state index is -2.03. The van der Waals surface area contributed by atoms with Gasteiger partial charge in [-0.1, -0.05) is 13.1 Å². The van der Waals surface area contributed by atoms with Gasteiger partial charge in [-0.2, -0.15) is 0 Å². The van der Waals surface area contributed by atoms with E-state index >= 15 is 0 Å². The number of aliphatic carboxylic acids is 2. The molecule has 0 aromatic heterocycles. The van der Waals surface area contributed by atoms with Crippen molar-refractivity contribution in [3.8, 4) is 0 Å². The third-order valence-corrected chi connectivity index (χ3v) is 3.78. The van der Waals surface area contributed by atoms with Crippen LogP contribution in [0.25, 0.3) is 0 Å². The van der Waals surface area contributed by atoms with E-state index in [1.165, 1.54) is 0 Å². The Balaban J connectivity index is 3.99. The summed E-state index contributed by atoms with van der Waals surface area (Å²) in [5.41, 5.74) is 0. The number of hydrogen-bond donors (Lipinski definition) is 2. The van der Waals surface area contributed by atoms with Gasteiger partial charge >= 0.3 is 11.9 Å². The minimum Gasteiger partial charge on any atom is -0.481 e. The normalized spacial score (nSPS) is 11.1. The monoisotopic (exact) mass is 176 g/mol. The fourth-order valence-corrected chi connectivity index (χ4v) is 2.64. The summed E-state index contributed by atoms with van der Waals surface area (Å²) in [5, 5.41) is 16.8. The van der Waals surface area contributed by atoms with Crippen LogP contribution in [0.2, 0.25) is 25.2 Å². The van der Waals surface area contributed by atoms with Crippen molar-refractivity contribution in [1.29, 1.82) is 0 Å². The largest absolute Gasteiger partial charge is 0.481 e. The molecule has 64 valence electrons. The van der Waals surface area contributed by atoms with E-state index in [4.69, 9.17) is 10.2 Å². The highest BCUT2D eigenvalue weighted by Gasteiger charge is 2.27. The van der Waals surface area contributed by atoms with Crippen LogP contribution in [-0.4, -0.2) is 30.2 Å². The number of hydrogen-bond acceptors (Lipinski definition) is 2. The quantitative estimate of drug-likeness (QED) is 0.623. The predicted octanol–water partition coefficient (Wildman–Crippen LogP) is 0.864. The number of rotatable bonds is 4. The lowest BCUT2D eigenvalue weighted by Gasteiger charge is -2.16. The molecule has 0 heterocycles. The molecule has 11 heavy (non-hydrogen) atoms. The highest BCUT2D eigenvalue weighted by Crippen LogP contribution is 2.14. The number of carboxylic acids is 2. The van der Waals surface area contributed by atoms with Crippen molar-refractivity contribution < 1.29 is 19.8 Å². The van der Waals surface area contributed by atoms with E-state index in [2.05, 4.69) is 0 Å². The minimum absolute atomic E-state index is 0.0271. The van der Waals surface area contributed by atoms with Gasteiger partial charge in [-0.15, -0.1) is 0 Å². The lowest BCUT2D eigenvalue weighted by atomic mass is 10.8. The summed E-state index contributed by atoms with van der Waals surface area (Å²) in [7, 11) is -2.03. The molecule has 0 fully saturated rings. The topological polar surface area (TPSA) is 74.6 Å². The Kier molecular flexibility index (Phi) is 3.25. The third-order valence-electron chi connectivity index (χ3n) is 1.26. The Morgan fingerprint density at radius 1 is 1.09 bits per heavy atom. The number of carboxylic acid groups (broad SMARTS) is 2. The van der Waals surface area contributed by atoms with Gasteiger partial charge in [0.15, 0.2) is 0 Å². The van der Waals surface area contributed by atoms with Gasteiger partial charge < -0.3 is 10.2 Å². The van der Waals surface area contributed by atoms with Crippen LogP contribution >= 0.6 is 0 Å². The molecule has 0 aliphatic carbocycles. The van der Waals surface area contributed by atoms with Crippen molar-refractivity contribution in [3.63, 3.8) is 0 Å². The first kappa shape index (κ1) is 10.2. The molecule has 0 aromatic rings. The molecular formula is C6H12O4Si. The summed E-state index contributed by atoms with van der Waals surface area (Å²) < 4.78 is 0. The molecule has 5 heteroatoms. The summed E-state index contributed by atoms with van der Waals surface area (Å²) in [6.07, 6.45) is 0. The van der Waals surface area contributed by atoms with E-state index in [0.29, 0.717) is 0 Å². The predicted molar refractivity (Wildman–Crippen MR) is 42.4 cm³/mol. The lowest BCUT2D eigenvalue weighted by molar-refractivity contribution is -0.134. The van der Waals surface area contributed by atoms with E-state index in [9.17, 15) is 9.59 Å². The van der Waals surface area contributed by atoms with Crippen LogP contribution in [0.3, 0.4) is 0 Å². The smallest absolute Gasteiger partial charge is 0.300 e. The molecule has 0 atom stereocenters. The van der Waals surface area contributed by atoms with Gasteiger partial charge in [-0.05, 0) is 0 Å². The van der Waals surface area contributed by atoms with E-state index < -0.39 is 20.0 Å². The molecule has 0 rings (SSSR count).